The number of nitrogens with zero attached hydrogens (tertiary/aromatic N) is 3. The van der Waals surface area contributed by atoms with E-state index in [1.54, 1.807) is 0 Å². The van der Waals surface area contributed by atoms with Gasteiger partial charge in [0, 0.05) is 27.5 Å². The average molecular weight is 626 g/mol. The fraction of sp³-hybridized carbons (Fsp3) is 0. The van der Waals surface area contributed by atoms with Crippen LogP contribution in [0, 0.1) is 0 Å². The third-order valence-electron chi connectivity index (χ3n) is 9.53. The van der Waals surface area contributed by atoms with Crippen LogP contribution in [0.25, 0.3) is 99.5 Å². The highest BCUT2D eigenvalue weighted by Gasteiger charge is 2.18. The van der Waals surface area contributed by atoms with Gasteiger partial charge in [0.05, 0.1) is 0 Å². The molecule has 0 unspecified atom stereocenters. The number of rotatable bonds is 4. The fourth-order valence-corrected chi connectivity index (χ4v) is 7.12. The van der Waals surface area contributed by atoms with Crippen LogP contribution in [0.4, 0.5) is 0 Å². The molecule has 0 aliphatic carbocycles. The quantitative estimate of drug-likeness (QED) is 0.183. The van der Waals surface area contributed by atoms with Gasteiger partial charge < -0.3 is 4.42 Å². The SMILES string of the molecule is c1ccc(-c2nc(-c3ccc(-c4ccc5c(ccc6c7ccccc7ccc56)c4)cc3)nc(-c3cccc4oc5ccccc5c34)n2)cc1. The lowest BCUT2D eigenvalue weighted by molar-refractivity contribution is 0.669. The Morgan fingerprint density at radius 1 is 0.327 bits per heavy atom. The van der Waals surface area contributed by atoms with Gasteiger partial charge in [0.25, 0.3) is 0 Å². The van der Waals surface area contributed by atoms with Gasteiger partial charge in [0.1, 0.15) is 11.2 Å². The van der Waals surface area contributed by atoms with Crippen molar-refractivity contribution in [3.63, 3.8) is 0 Å². The van der Waals surface area contributed by atoms with Gasteiger partial charge in [-0.1, -0.05) is 146 Å². The molecule has 8 aromatic carbocycles. The number of furan rings is 1. The first-order chi connectivity index (χ1) is 24.3. The Balaban J connectivity index is 1.07. The van der Waals surface area contributed by atoms with E-state index in [1.807, 2.05) is 60.7 Å². The van der Waals surface area contributed by atoms with Crippen LogP contribution in [0.3, 0.4) is 0 Å². The zero-order valence-corrected chi connectivity index (χ0v) is 26.3. The second kappa shape index (κ2) is 11.0. The van der Waals surface area contributed by atoms with Crippen LogP contribution in [-0.4, -0.2) is 15.0 Å². The number of fused-ring (bicyclic) bond motifs is 8. The highest BCUT2D eigenvalue weighted by molar-refractivity contribution is 6.17. The minimum atomic E-state index is 0.611. The standard InChI is InChI=1S/C45H27N3O/c1-2-10-30(11-3-1)43-46-44(48-45(47-43)39-14-8-16-41-42(39)38-13-6-7-15-40(38)49-41)31-19-17-28(18-20-31)32-22-24-35-33(27-32)23-26-36-34-12-5-4-9-29(34)21-25-37(35)36/h1-27H. The van der Waals surface area contributed by atoms with E-state index in [2.05, 4.69) is 103 Å². The lowest BCUT2D eigenvalue weighted by Crippen LogP contribution is -2.00. The Morgan fingerprint density at radius 3 is 1.71 bits per heavy atom. The van der Waals surface area contributed by atoms with E-state index in [0.717, 1.165) is 44.2 Å². The second-order valence-corrected chi connectivity index (χ2v) is 12.4. The first kappa shape index (κ1) is 27.5. The third-order valence-corrected chi connectivity index (χ3v) is 9.53. The summed E-state index contributed by atoms with van der Waals surface area (Å²) in [7, 11) is 0. The maximum absolute atomic E-state index is 6.19. The molecule has 49 heavy (non-hydrogen) atoms. The molecule has 4 heteroatoms. The summed E-state index contributed by atoms with van der Waals surface area (Å²) in [4.78, 5) is 15.0. The molecule has 0 saturated heterocycles. The third kappa shape index (κ3) is 4.57. The maximum Gasteiger partial charge on any atom is 0.164 e. The van der Waals surface area contributed by atoms with Crippen molar-refractivity contribution in [3.05, 3.63) is 164 Å². The monoisotopic (exact) mass is 625 g/mol. The highest BCUT2D eigenvalue weighted by Crippen LogP contribution is 2.37. The first-order valence-electron chi connectivity index (χ1n) is 16.4. The summed E-state index contributed by atoms with van der Waals surface area (Å²) in [5.41, 5.74) is 6.72. The zero-order chi connectivity index (χ0) is 32.3. The molecule has 0 aliphatic heterocycles. The fourth-order valence-electron chi connectivity index (χ4n) is 7.12. The van der Waals surface area contributed by atoms with E-state index in [0.29, 0.717) is 17.5 Å². The molecule has 10 aromatic rings. The average Bonchev–Trinajstić information content (AvgIpc) is 3.57. The Morgan fingerprint density at radius 2 is 0.898 bits per heavy atom. The van der Waals surface area contributed by atoms with Crippen LogP contribution in [0.5, 0.6) is 0 Å². The molecule has 4 nitrogen and oxygen atoms in total. The molecular formula is C45H27N3O. The van der Waals surface area contributed by atoms with E-state index >= 15 is 0 Å². The molecule has 228 valence electrons. The van der Waals surface area contributed by atoms with Crippen LogP contribution in [0.15, 0.2) is 168 Å². The predicted octanol–water partition coefficient (Wildman–Crippen LogP) is 11.9. The van der Waals surface area contributed by atoms with Gasteiger partial charge in [-0.05, 0) is 61.6 Å². The lowest BCUT2D eigenvalue weighted by atomic mass is 9.94. The van der Waals surface area contributed by atoms with Crippen LogP contribution in [0.2, 0.25) is 0 Å². The topological polar surface area (TPSA) is 51.8 Å². The highest BCUT2D eigenvalue weighted by atomic mass is 16.3. The van der Waals surface area contributed by atoms with Crippen molar-refractivity contribution in [1.29, 1.82) is 0 Å². The summed E-state index contributed by atoms with van der Waals surface area (Å²) < 4.78 is 6.19. The van der Waals surface area contributed by atoms with Gasteiger partial charge in [0.15, 0.2) is 17.5 Å². The van der Waals surface area contributed by atoms with Gasteiger partial charge in [-0.3, -0.25) is 0 Å². The molecule has 0 radical (unpaired) electrons. The van der Waals surface area contributed by atoms with E-state index in [9.17, 15) is 0 Å². The summed E-state index contributed by atoms with van der Waals surface area (Å²) >= 11 is 0. The van der Waals surface area contributed by atoms with Crippen molar-refractivity contribution in [3.8, 4) is 45.3 Å². The summed E-state index contributed by atoms with van der Waals surface area (Å²) in [6.45, 7) is 0. The number of hydrogen-bond donors (Lipinski definition) is 0. The summed E-state index contributed by atoms with van der Waals surface area (Å²) in [5.74, 6) is 1.86. The van der Waals surface area contributed by atoms with Gasteiger partial charge in [-0.2, -0.15) is 0 Å². The summed E-state index contributed by atoms with van der Waals surface area (Å²) in [5, 5.41) is 9.63. The minimum Gasteiger partial charge on any atom is -0.456 e. The Labute approximate surface area is 282 Å². The normalized spacial score (nSPS) is 11.7. The molecule has 0 aliphatic rings. The van der Waals surface area contributed by atoms with Gasteiger partial charge in [-0.15, -0.1) is 0 Å². The summed E-state index contributed by atoms with van der Waals surface area (Å²) in [6, 6.07) is 57.0. The van der Waals surface area contributed by atoms with Crippen molar-refractivity contribution in [2.75, 3.05) is 0 Å². The van der Waals surface area contributed by atoms with Crippen molar-refractivity contribution in [1.82, 2.24) is 15.0 Å². The molecule has 0 fully saturated rings. The van der Waals surface area contributed by atoms with Crippen molar-refractivity contribution in [2.24, 2.45) is 0 Å². The Bertz CT molecular complexity index is 2870. The molecule has 2 heterocycles. The van der Waals surface area contributed by atoms with Crippen LogP contribution >= 0.6 is 0 Å². The maximum atomic E-state index is 6.19. The van der Waals surface area contributed by atoms with Crippen molar-refractivity contribution >= 4 is 54.3 Å². The molecule has 0 amide bonds. The van der Waals surface area contributed by atoms with Crippen molar-refractivity contribution in [2.45, 2.75) is 0 Å². The van der Waals surface area contributed by atoms with Gasteiger partial charge >= 0.3 is 0 Å². The first-order valence-corrected chi connectivity index (χ1v) is 16.4. The molecule has 0 atom stereocenters. The molecular weight excluding hydrogens is 599 g/mol. The predicted molar refractivity (Wildman–Crippen MR) is 201 cm³/mol. The van der Waals surface area contributed by atoms with Crippen molar-refractivity contribution < 1.29 is 4.42 Å². The van der Waals surface area contributed by atoms with Gasteiger partial charge in [-0.25, -0.2) is 15.0 Å². The van der Waals surface area contributed by atoms with E-state index in [1.165, 1.54) is 37.9 Å². The smallest absolute Gasteiger partial charge is 0.164 e. The molecule has 0 saturated carbocycles. The van der Waals surface area contributed by atoms with Crippen LogP contribution in [0.1, 0.15) is 0 Å². The minimum absolute atomic E-state index is 0.611. The Hall–Kier alpha value is -6.65. The second-order valence-electron chi connectivity index (χ2n) is 12.4. The molecule has 0 bridgehead atoms. The molecule has 10 rings (SSSR count). The lowest BCUT2D eigenvalue weighted by Gasteiger charge is -2.11. The number of hydrogen-bond acceptors (Lipinski definition) is 4. The van der Waals surface area contributed by atoms with E-state index in [-0.39, 0.29) is 0 Å². The molecule has 0 spiro atoms. The molecule has 2 aromatic heterocycles. The van der Waals surface area contributed by atoms with E-state index in [4.69, 9.17) is 19.4 Å². The van der Waals surface area contributed by atoms with Gasteiger partial charge in [0.2, 0.25) is 0 Å². The number of para-hydroxylation sites is 1. The summed E-state index contributed by atoms with van der Waals surface area (Å²) in [6.07, 6.45) is 0. The largest absolute Gasteiger partial charge is 0.456 e. The zero-order valence-electron chi connectivity index (χ0n) is 26.3. The van der Waals surface area contributed by atoms with Crippen LogP contribution < -0.4 is 0 Å². The van der Waals surface area contributed by atoms with Crippen LogP contribution in [-0.2, 0) is 0 Å². The number of aromatic nitrogens is 3. The Kier molecular flexibility index (Phi) is 6.15. The molecule has 0 N–H and O–H groups in total. The number of benzene rings is 8. The van der Waals surface area contributed by atoms with E-state index < -0.39 is 0 Å².